The van der Waals surface area contributed by atoms with Crippen molar-refractivity contribution in [2.75, 3.05) is 20.1 Å². The molecule has 0 spiro atoms. The Morgan fingerprint density at radius 2 is 1.62 bits per heavy atom. The minimum absolute atomic E-state index is 0.00551. The Bertz CT molecular complexity index is 547. The van der Waals surface area contributed by atoms with Gasteiger partial charge < -0.3 is 21.7 Å². The lowest BCUT2D eigenvalue weighted by atomic mass is 10.1. The molecule has 1 aromatic rings. The molecule has 1 aromatic carbocycles. The van der Waals surface area contributed by atoms with E-state index >= 15 is 0 Å². The predicted molar refractivity (Wildman–Crippen MR) is 138 cm³/mol. The molecule has 1 rings (SSSR count). The molecular formula is C26H50N4O2. The zero-order valence-electron chi connectivity index (χ0n) is 21.5. The van der Waals surface area contributed by atoms with Crippen molar-refractivity contribution < 1.29 is 9.59 Å². The Morgan fingerprint density at radius 3 is 2.16 bits per heavy atom. The van der Waals surface area contributed by atoms with Crippen LogP contribution in [0.15, 0.2) is 24.3 Å². The number of carbonyl (C=O) groups excluding carboxylic acids is 2. The van der Waals surface area contributed by atoms with E-state index in [9.17, 15) is 9.59 Å². The number of nitrogens with one attached hydrogen (secondary N) is 3. The Kier molecular flexibility index (Phi) is 24.2. The van der Waals surface area contributed by atoms with Crippen molar-refractivity contribution >= 4 is 12.2 Å². The van der Waals surface area contributed by atoms with Gasteiger partial charge in [-0.25, -0.2) is 0 Å². The van der Waals surface area contributed by atoms with E-state index in [-0.39, 0.29) is 11.9 Å². The maximum Gasteiger partial charge on any atom is 0.236 e. The van der Waals surface area contributed by atoms with E-state index in [1.54, 1.807) is 0 Å². The van der Waals surface area contributed by atoms with Gasteiger partial charge in [-0.2, -0.15) is 0 Å². The van der Waals surface area contributed by atoms with Crippen molar-refractivity contribution in [2.24, 2.45) is 5.73 Å². The van der Waals surface area contributed by atoms with Crippen molar-refractivity contribution in [2.45, 2.75) is 98.2 Å². The fourth-order valence-corrected chi connectivity index (χ4v) is 2.73. The highest BCUT2D eigenvalue weighted by molar-refractivity contribution is 5.81. The standard InChI is InChI=1S/C13H29N3O.C11H15NO.C2H6/c1-3-4-5-7-11-16-13(17)12(14)9-6-8-10-15-2;1-9(2)12-7-10-3-5-11(8-13)6-4-10;1-2/h12,15H,3-11,14H2,1-2H3,(H,16,17);3-6,8-9,12H,7H2,1-2H3;1-2H3. The average Bonchev–Trinajstić information content (AvgIpc) is 2.82. The summed E-state index contributed by atoms with van der Waals surface area (Å²) in [5.41, 5.74) is 7.75. The Labute approximate surface area is 197 Å². The number of aldehydes is 1. The first-order chi connectivity index (χ1) is 15.4. The molecule has 5 N–H and O–H groups in total. The van der Waals surface area contributed by atoms with Crippen LogP contribution in [0.4, 0.5) is 0 Å². The van der Waals surface area contributed by atoms with Crippen molar-refractivity contribution in [1.29, 1.82) is 0 Å². The molecule has 6 heteroatoms. The molecule has 32 heavy (non-hydrogen) atoms. The van der Waals surface area contributed by atoms with Crippen molar-refractivity contribution in [3.05, 3.63) is 35.4 Å². The van der Waals surface area contributed by atoms with Crippen LogP contribution >= 0.6 is 0 Å². The van der Waals surface area contributed by atoms with E-state index in [0.717, 1.165) is 57.2 Å². The molecule has 0 saturated carbocycles. The lowest BCUT2D eigenvalue weighted by Crippen LogP contribution is -2.40. The minimum Gasteiger partial charge on any atom is -0.355 e. The van der Waals surface area contributed by atoms with Gasteiger partial charge in [0.05, 0.1) is 6.04 Å². The van der Waals surface area contributed by atoms with Crippen LogP contribution in [-0.2, 0) is 11.3 Å². The molecule has 1 atom stereocenters. The number of benzene rings is 1. The normalized spacial score (nSPS) is 11.0. The summed E-state index contributed by atoms with van der Waals surface area (Å²) in [6, 6.07) is 7.77. The largest absolute Gasteiger partial charge is 0.355 e. The first kappa shape index (κ1) is 32.4. The van der Waals surface area contributed by atoms with E-state index in [4.69, 9.17) is 5.73 Å². The van der Waals surface area contributed by atoms with Crippen molar-refractivity contribution in [3.8, 4) is 0 Å². The maximum absolute atomic E-state index is 11.6. The fraction of sp³-hybridized carbons (Fsp3) is 0.692. The SMILES string of the molecule is CC.CC(C)NCc1ccc(C=O)cc1.CCCCCCNC(=O)C(N)CCCCNC. The number of hydrogen-bond donors (Lipinski definition) is 4. The second kappa shape index (κ2) is 23.9. The predicted octanol–water partition coefficient (Wildman–Crippen LogP) is 4.42. The van der Waals surface area contributed by atoms with E-state index in [1.807, 2.05) is 45.2 Å². The second-order valence-corrected chi connectivity index (χ2v) is 7.95. The number of nitrogens with two attached hydrogens (primary N) is 1. The summed E-state index contributed by atoms with van der Waals surface area (Å²) in [5, 5.41) is 9.30. The van der Waals surface area contributed by atoms with Crippen LogP contribution in [-0.4, -0.2) is 44.4 Å². The van der Waals surface area contributed by atoms with Gasteiger partial charge in [0, 0.05) is 24.7 Å². The molecule has 0 heterocycles. The molecule has 0 aliphatic rings. The van der Waals surface area contributed by atoms with Crippen LogP contribution in [0.1, 0.15) is 95.5 Å². The van der Waals surface area contributed by atoms with E-state index < -0.39 is 0 Å². The molecule has 0 bridgehead atoms. The van der Waals surface area contributed by atoms with Gasteiger partial charge in [0.2, 0.25) is 5.91 Å². The Balaban J connectivity index is 0. The summed E-state index contributed by atoms with van der Waals surface area (Å²) in [6.07, 6.45) is 8.44. The Morgan fingerprint density at radius 1 is 1.00 bits per heavy atom. The second-order valence-electron chi connectivity index (χ2n) is 7.95. The molecule has 0 aromatic heterocycles. The highest BCUT2D eigenvalue weighted by Gasteiger charge is 2.11. The molecule has 0 aliphatic heterocycles. The van der Waals surface area contributed by atoms with Gasteiger partial charge in [-0.15, -0.1) is 0 Å². The molecule has 1 unspecified atom stereocenters. The van der Waals surface area contributed by atoms with Gasteiger partial charge in [-0.05, 0) is 38.4 Å². The quantitative estimate of drug-likeness (QED) is 0.234. The minimum atomic E-state index is -0.335. The van der Waals surface area contributed by atoms with E-state index in [1.165, 1.54) is 24.8 Å². The van der Waals surface area contributed by atoms with Crippen molar-refractivity contribution in [3.63, 3.8) is 0 Å². The number of unbranched alkanes of at least 4 members (excludes halogenated alkanes) is 4. The van der Waals surface area contributed by atoms with Gasteiger partial charge >= 0.3 is 0 Å². The highest BCUT2D eigenvalue weighted by Crippen LogP contribution is 2.02. The average molecular weight is 451 g/mol. The summed E-state index contributed by atoms with van der Waals surface area (Å²) in [7, 11) is 1.93. The van der Waals surface area contributed by atoms with Crippen LogP contribution in [0.5, 0.6) is 0 Å². The van der Waals surface area contributed by atoms with E-state index in [0.29, 0.717) is 6.04 Å². The summed E-state index contributed by atoms with van der Waals surface area (Å²) in [6.45, 7) is 13.0. The van der Waals surface area contributed by atoms with Crippen LogP contribution in [0, 0.1) is 0 Å². The smallest absolute Gasteiger partial charge is 0.236 e. The molecule has 186 valence electrons. The van der Waals surface area contributed by atoms with Gasteiger partial charge in [-0.3, -0.25) is 9.59 Å². The molecule has 0 fully saturated rings. The molecule has 1 amide bonds. The summed E-state index contributed by atoms with van der Waals surface area (Å²) in [4.78, 5) is 22.0. The first-order valence-corrected chi connectivity index (χ1v) is 12.4. The number of amides is 1. The third-order valence-corrected chi connectivity index (χ3v) is 4.69. The number of carbonyl (C=O) groups is 2. The van der Waals surface area contributed by atoms with Gasteiger partial charge in [0.25, 0.3) is 0 Å². The third-order valence-electron chi connectivity index (χ3n) is 4.69. The van der Waals surface area contributed by atoms with Crippen LogP contribution < -0.4 is 21.7 Å². The summed E-state index contributed by atoms with van der Waals surface area (Å²) in [5.74, 6) is 0.00551. The monoisotopic (exact) mass is 450 g/mol. The van der Waals surface area contributed by atoms with Crippen LogP contribution in [0.25, 0.3) is 0 Å². The van der Waals surface area contributed by atoms with Crippen molar-refractivity contribution in [1.82, 2.24) is 16.0 Å². The zero-order valence-corrected chi connectivity index (χ0v) is 21.5. The van der Waals surface area contributed by atoms with Gasteiger partial charge in [0.15, 0.2) is 0 Å². The van der Waals surface area contributed by atoms with Crippen LogP contribution in [0.2, 0.25) is 0 Å². The summed E-state index contributed by atoms with van der Waals surface area (Å²) >= 11 is 0. The lowest BCUT2D eigenvalue weighted by molar-refractivity contribution is -0.122. The third kappa shape index (κ3) is 20.2. The van der Waals surface area contributed by atoms with Gasteiger partial charge in [-0.1, -0.05) is 84.6 Å². The van der Waals surface area contributed by atoms with Gasteiger partial charge in [0.1, 0.15) is 6.29 Å². The first-order valence-electron chi connectivity index (χ1n) is 12.4. The molecule has 6 nitrogen and oxygen atoms in total. The zero-order chi connectivity index (χ0) is 24.6. The maximum atomic E-state index is 11.6. The topological polar surface area (TPSA) is 96.2 Å². The molecular weight excluding hydrogens is 400 g/mol. The Hall–Kier alpha value is -1.76. The highest BCUT2D eigenvalue weighted by atomic mass is 16.2. The fourth-order valence-electron chi connectivity index (χ4n) is 2.73. The van der Waals surface area contributed by atoms with Crippen LogP contribution in [0.3, 0.4) is 0 Å². The molecule has 0 saturated heterocycles. The summed E-state index contributed by atoms with van der Waals surface area (Å²) < 4.78 is 0. The number of rotatable bonds is 15. The molecule has 0 aliphatic carbocycles. The lowest BCUT2D eigenvalue weighted by Gasteiger charge is -2.12. The number of hydrogen-bond acceptors (Lipinski definition) is 5. The van der Waals surface area contributed by atoms with E-state index in [2.05, 4.69) is 36.7 Å². The molecule has 0 radical (unpaired) electrons.